The molecule has 1 amide bonds. The number of carbonyl (C=O) groups is 1. The van der Waals surface area contributed by atoms with Gasteiger partial charge in [0.25, 0.3) is 5.91 Å². The number of amides is 1. The molecular weight excluding hydrogens is 520 g/mol. The van der Waals surface area contributed by atoms with Crippen molar-refractivity contribution in [3.63, 3.8) is 0 Å². The summed E-state index contributed by atoms with van der Waals surface area (Å²) in [7, 11) is 0. The Bertz CT molecular complexity index is 956. The first-order chi connectivity index (χ1) is 14.0. The van der Waals surface area contributed by atoms with Gasteiger partial charge in [0.05, 0.1) is 8.95 Å². The zero-order valence-electron chi connectivity index (χ0n) is 15.6. The summed E-state index contributed by atoms with van der Waals surface area (Å²) >= 11 is 13.2. The van der Waals surface area contributed by atoms with Gasteiger partial charge in [-0.3, -0.25) is 4.79 Å². The molecule has 4 nitrogen and oxygen atoms in total. The molecular formula is C22H19Br2ClN2O2. The van der Waals surface area contributed by atoms with Crippen molar-refractivity contribution in [1.82, 2.24) is 5.32 Å². The normalized spacial score (nSPS) is 14.5. The van der Waals surface area contributed by atoms with Gasteiger partial charge < -0.3 is 10.1 Å². The Morgan fingerprint density at radius 1 is 1.24 bits per heavy atom. The first-order valence-corrected chi connectivity index (χ1v) is 11.2. The molecule has 29 heavy (non-hydrogen) atoms. The van der Waals surface area contributed by atoms with E-state index in [2.05, 4.69) is 37.2 Å². The number of nitriles is 1. The Morgan fingerprint density at radius 3 is 2.52 bits per heavy atom. The van der Waals surface area contributed by atoms with Crippen molar-refractivity contribution in [2.45, 2.75) is 38.3 Å². The minimum Gasteiger partial charge on any atom is -0.486 e. The van der Waals surface area contributed by atoms with Crippen molar-refractivity contribution in [3.8, 4) is 11.8 Å². The lowest BCUT2D eigenvalue weighted by Gasteiger charge is -2.13. The van der Waals surface area contributed by atoms with Crippen LogP contribution < -0.4 is 10.1 Å². The molecule has 0 heterocycles. The SMILES string of the molecule is N#C/C(=C/c1cc(Br)c(OCc2ccccc2Cl)c(Br)c1)C(=O)NC1CCCC1. The molecule has 0 unspecified atom stereocenters. The smallest absolute Gasteiger partial charge is 0.262 e. The van der Waals surface area contributed by atoms with E-state index in [9.17, 15) is 10.1 Å². The van der Waals surface area contributed by atoms with E-state index in [4.69, 9.17) is 16.3 Å². The highest BCUT2D eigenvalue weighted by atomic mass is 79.9. The average Bonchev–Trinajstić information content (AvgIpc) is 3.19. The van der Waals surface area contributed by atoms with Gasteiger partial charge in [-0.1, -0.05) is 42.6 Å². The highest BCUT2D eigenvalue weighted by Gasteiger charge is 2.19. The van der Waals surface area contributed by atoms with Gasteiger partial charge in [0.2, 0.25) is 0 Å². The second-order valence-electron chi connectivity index (χ2n) is 6.82. The van der Waals surface area contributed by atoms with Crippen LogP contribution in [-0.4, -0.2) is 11.9 Å². The van der Waals surface area contributed by atoms with E-state index in [0.717, 1.165) is 31.2 Å². The number of nitrogens with zero attached hydrogens (tertiary/aromatic N) is 1. The minimum absolute atomic E-state index is 0.0837. The van der Waals surface area contributed by atoms with E-state index >= 15 is 0 Å². The number of benzene rings is 2. The molecule has 2 aromatic carbocycles. The van der Waals surface area contributed by atoms with Crippen molar-refractivity contribution in [2.24, 2.45) is 0 Å². The van der Waals surface area contributed by atoms with Crippen molar-refractivity contribution in [2.75, 3.05) is 0 Å². The van der Waals surface area contributed by atoms with Crippen molar-refractivity contribution in [1.29, 1.82) is 5.26 Å². The van der Waals surface area contributed by atoms with Crippen LogP contribution in [0.2, 0.25) is 5.02 Å². The van der Waals surface area contributed by atoms with E-state index in [-0.39, 0.29) is 17.5 Å². The maximum Gasteiger partial charge on any atom is 0.262 e. The third kappa shape index (κ3) is 5.85. The van der Waals surface area contributed by atoms with Gasteiger partial charge in [0.15, 0.2) is 0 Å². The molecule has 1 aliphatic rings. The zero-order chi connectivity index (χ0) is 20.8. The molecule has 150 valence electrons. The summed E-state index contributed by atoms with van der Waals surface area (Å²) in [5.74, 6) is 0.293. The van der Waals surface area contributed by atoms with E-state index in [1.165, 1.54) is 0 Å². The summed E-state index contributed by atoms with van der Waals surface area (Å²) in [5.41, 5.74) is 1.68. The molecule has 1 fully saturated rings. The Kier molecular flexibility index (Phi) is 7.77. The fourth-order valence-corrected chi connectivity index (χ4v) is 4.86. The Labute approximate surface area is 192 Å². The number of carbonyl (C=O) groups excluding carboxylic acids is 1. The van der Waals surface area contributed by atoms with Crippen molar-refractivity contribution >= 4 is 55.4 Å². The molecule has 0 aliphatic heterocycles. The van der Waals surface area contributed by atoms with Gasteiger partial charge in [-0.25, -0.2) is 0 Å². The zero-order valence-corrected chi connectivity index (χ0v) is 19.5. The average molecular weight is 539 g/mol. The number of hydrogen-bond donors (Lipinski definition) is 1. The summed E-state index contributed by atoms with van der Waals surface area (Å²) in [6, 6.07) is 13.3. The lowest BCUT2D eigenvalue weighted by atomic mass is 10.1. The van der Waals surface area contributed by atoms with E-state index in [0.29, 0.717) is 31.9 Å². The highest BCUT2D eigenvalue weighted by molar-refractivity contribution is 9.11. The number of rotatable bonds is 6. The third-order valence-corrected chi connectivity index (χ3v) is 6.26. The molecule has 0 atom stereocenters. The van der Waals surface area contributed by atoms with Gasteiger partial charge in [-0.05, 0) is 74.5 Å². The number of nitrogens with one attached hydrogen (secondary N) is 1. The maximum absolute atomic E-state index is 12.4. The standard InChI is InChI=1S/C22H19Br2ClN2O2/c23-18-10-14(9-16(12-26)22(28)27-17-6-2-3-7-17)11-19(24)21(18)29-13-15-5-1-4-8-20(15)25/h1,4-5,8-11,17H,2-3,6-7,13H2,(H,27,28)/b16-9-. The predicted molar refractivity (Wildman–Crippen MR) is 122 cm³/mol. The summed E-state index contributed by atoms with van der Waals surface area (Å²) < 4.78 is 7.33. The maximum atomic E-state index is 12.4. The Hall–Kier alpha value is -1.81. The molecule has 1 aliphatic carbocycles. The van der Waals surface area contributed by atoms with Gasteiger partial charge in [-0.15, -0.1) is 0 Å². The number of ether oxygens (including phenoxy) is 1. The van der Waals surface area contributed by atoms with Crippen LogP contribution in [0.4, 0.5) is 0 Å². The Morgan fingerprint density at radius 2 is 1.90 bits per heavy atom. The van der Waals surface area contributed by atoms with Crippen molar-refractivity contribution in [3.05, 3.63) is 67.1 Å². The van der Waals surface area contributed by atoms with Crippen LogP contribution in [0.15, 0.2) is 50.9 Å². The van der Waals surface area contributed by atoms with E-state index < -0.39 is 0 Å². The summed E-state index contributed by atoms with van der Waals surface area (Å²) in [5, 5.41) is 13.0. The molecule has 0 radical (unpaired) electrons. The molecule has 2 aromatic rings. The Balaban J connectivity index is 1.75. The molecule has 0 aromatic heterocycles. The number of hydrogen-bond acceptors (Lipinski definition) is 3. The van der Waals surface area contributed by atoms with Gasteiger partial charge >= 0.3 is 0 Å². The van der Waals surface area contributed by atoms with Crippen LogP contribution in [0.25, 0.3) is 6.08 Å². The lowest BCUT2D eigenvalue weighted by molar-refractivity contribution is -0.117. The highest BCUT2D eigenvalue weighted by Crippen LogP contribution is 2.36. The lowest BCUT2D eigenvalue weighted by Crippen LogP contribution is -2.33. The van der Waals surface area contributed by atoms with Crippen LogP contribution in [0.3, 0.4) is 0 Å². The number of halogens is 3. The largest absolute Gasteiger partial charge is 0.486 e. The van der Waals surface area contributed by atoms with Gasteiger partial charge in [-0.2, -0.15) is 5.26 Å². The fraction of sp³-hybridized carbons (Fsp3) is 0.273. The van der Waals surface area contributed by atoms with Crippen LogP contribution in [0.5, 0.6) is 5.75 Å². The minimum atomic E-state index is -0.328. The van der Waals surface area contributed by atoms with Gasteiger partial charge in [0.1, 0.15) is 24.0 Å². The fourth-order valence-electron chi connectivity index (χ4n) is 3.21. The van der Waals surface area contributed by atoms with Crippen molar-refractivity contribution < 1.29 is 9.53 Å². The molecule has 3 rings (SSSR count). The van der Waals surface area contributed by atoms with Crippen LogP contribution in [0.1, 0.15) is 36.8 Å². The predicted octanol–water partition coefficient (Wildman–Crippen LogP) is 6.41. The van der Waals surface area contributed by atoms with Gasteiger partial charge in [0, 0.05) is 16.6 Å². The second-order valence-corrected chi connectivity index (χ2v) is 8.93. The molecule has 1 N–H and O–H groups in total. The molecule has 1 saturated carbocycles. The first kappa shape index (κ1) is 21.9. The molecule has 0 spiro atoms. The molecule has 0 saturated heterocycles. The van der Waals surface area contributed by atoms with E-state index in [1.807, 2.05) is 42.5 Å². The first-order valence-electron chi connectivity index (χ1n) is 9.26. The monoisotopic (exact) mass is 536 g/mol. The molecule has 7 heteroatoms. The quantitative estimate of drug-likeness (QED) is 0.342. The van der Waals surface area contributed by atoms with Crippen LogP contribution in [-0.2, 0) is 11.4 Å². The topological polar surface area (TPSA) is 62.1 Å². The second kappa shape index (κ2) is 10.3. The summed E-state index contributed by atoms with van der Waals surface area (Å²) in [4.78, 5) is 12.4. The summed E-state index contributed by atoms with van der Waals surface area (Å²) in [6.07, 6.45) is 5.76. The summed E-state index contributed by atoms with van der Waals surface area (Å²) in [6.45, 7) is 0.319. The van der Waals surface area contributed by atoms with E-state index in [1.54, 1.807) is 6.08 Å². The van der Waals surface area contributed by atoms with Crippen LogP contribution >= 0.6 is 43.5 Å². The third-order valence-electron chi connectivity index (χ3n) is 4.72. The van der Waals surface area contributed by atoms with Crippen LogP contribution in [0, 0.1) is 11.3 Å². The molecule has 0 bridgehead atoms.